The van der Waals surface area contributed by atoms with Gasteiger partial charge in [0.2, 0.25) is 0 Å². The lowest BCUT2D eigenvalue weighted by molar-refractivity contribution is 0.391. The molecule has 0 saturated heterocycles. The van der Waals surface area contributed by atoms with Gasteiger partial charge in [-0.15, -0.1) is 0 Å². The standard InChI is InChI=1S/C23H22O4/c1-26-21-13-22(27-2)23-18-10-8-17(25)12-15(18)5-9-19(23)20(21)11-14-3-6-16(24)7-4-14/h3-4,6-8,10,12-13,24-25H,5,9,11H2,1-2H3. The highest BCUT2D eigenvalue weighted by atomic mass is 16.5. The van der Waals surface area contributed by atoms with Gasteiger partial charge in [-0.3, -0.25) is 0 Å². The normalized spacial score (nSPS) is 12.2. The van der Waals surface area contributed by atoms with Crippen molar-refractivity contribution in [1.82, 2.24) is 0 Å². The van der Waals surface area contributed by atoms with E-state index in [1.165, 1.54) is 5.56 Å². The maximum atomic E-state index is 9.85. The topological polar surface area (TPSA) is 58.9 Å². The van der Waals surface area contributed by atoms with Crippen molar-refractivity contribution in [2.24, 2.45) is 0 Å². The zero-order valence-corrected chi connectivity index (χ0v) is 15.5. The summed E-state index contributed by atoms with van der Waals surface area (Å²) in [6.07, 6.45) is 2.42. The highest BCUT2D eigenvalue weighted by molar-refractivity contribution is 5.82. The maximum absolute atomic E-state index is 9.85. The Bertz CT molecular complexity index is 990. The van der Waals surface area contributed by atoms with Crippen LogP contribution in [0, 0.1) is 0 Å². The van der Waals surface area contributed by atoms with Crippen LogP contribution in [0.1, 0.15) is 22.3 Å². The van der Waals surface area contributed by atoms with Crippen LogP contribution in [-0.4, -0.2) is 24.4 Å². The van der Waals surface area contributed by atoms with Crippen molar-refractivity contribution in [2.45, 2.75) is 19.3 Å². The van der Waals surface area contributed by atoms with Gasteiger partial charge in [-0.25, -0.2) is 0 Å². The van der Waals surface area contributed by atoms with Crippen LogP contribution in [0.5, 0.6) is 23.0 Å². The molecule has 0 bridgehead atoms. The quantitative estimate of drug-likeness (QED) is 0.719. The van der Waals surface area contributed by atoms with E-state index >= 15 is 0 Å². The Labute approximate surface area is 158 Å². The molecular formula is C23H22O4. The summed E-state index contributed by atoms with van der Waals surface area (Å²) in [4.78, 5) is 0. The molecule has 0 saturated carbocycles. The average molecular weight is 362 g/mol. The maximum Gasteiger partial charge on any atom is 0.130 e. The number of ether oxygens (including phenoxy) is 2. The summed E-state index contributed by atoms with van der Waals surface area (Å²) < 4.78 is 11.4. The van der Waals surface area contributed by atoms with Crippen LogP contribution in [0.3, 0.4) is 0 Å². The first-order chi connectivity index (χ1) is 13.1. The molecule has 1 aliphatic rings. The van der Waals surface area contributed by atoms with E-state index in [1.807, 2.05) is 30.3 Å². The fourth-order valence-corrected chi connectivity index (χ4v) is 3.94. The van der Waals surface area contributed by atoms with Crippen LogP contribution in [0.2, 0.25) is 0 Å². The molecule has 0 fully saturated rings. The molecule has 0 unspecified atom stereocenters. The summed E-state index contributed by atoms with van der Waals surface area (Å²) in [5, 5.41) is 19.4. The summed E-state index contributed by atoms with van der Waals surface area (Å²) in [7, 11) is 3.35. The monoisotopic (exact) mass is 362 g/mol. The molecule has 0 spiro atoms. The Morgan fingerprint density at radius 1 is 0.815 bits per heavy atom. The number of phenols is 2. The smallest absolute Gasteiger partial charge is 0.130 e. The number of hydrogen-bond donors (Lipinski definition) is 2. The van der Waals surface area contributed by atoms with E-state index < -0.39 is 0 Å². The first-order valence-electron chi connectivity index (χ1n) is 8.97. The molecule has 0 aromatic heterocycles. The molecule has 0 heterocycles. The van der Waals surface area contributed by atoms with E-state index in [2.05, 4.69) is 0 Å². The number of benzene rings is 3. The van der Waals surface area contributed by atoms with Gasteiger partial charge in [0, 0.05) is 23.6 Å². The van der Waals surface area contributed by atoms with Gasteiger partial charge in [0.15, 0.2) is 0 Å². The summed E-state index contributed by atoms with van der Waals surface area (Å²) in [6, 6.07) is 14.7. The van der Waals surface area contributed by atoms with Crippen molar-refractivity contribution < 1.29 is 19.7 Å². The van der Waals surface area contributed by atoms with Crippen molar-refractivity contribution >= 4 is 0 Å². The number of methoxy groups -OCH3 is 2. The predicted molar refractivity (Wildman–Crippen MR) is 105 cm³/mol. The predicted octanol–water partition coefficient (Wildman–Crippen LogP) is 4.47. The van der Waals surface area contributed by atoms with E-state index in [0.29, 0.717) is 6.42 Å². The van der Waals surface area contributed by atoms with Crippen molar-refractivity contribution in [1.29, 1.82) is 0 Å². The van der Waals surface area contributed by atoms with Crippen molar-refractivity contribution in [3.63, 3.8) is 0 Å². The van der Waals surface area contributed by atoms with Gasteiger partial charge in [0.25, 0.3) is 0 Å². The number of aromatic hydroxyl groups is 2. The highest BCUT2D eigenvalue weighted by Crippen LogP contribution is 2.46. The van der Waals surface area contributed by atoms with Crippen molar-refractivity contribution in [3.8, 4) is 34.1 Å². The highest BCUT2D eigenvalue weighted by Gasteiger charge is 2.26. The number of hydrogen-bond acceptors (Lipinski definition) is 4. The average Bonchev–Trinajstić information content (AvgIpc) is 2.69. The van der Waals surface area contributed by atoms with Crippen LogP contribution in [0.15, 0.2) is 48.5 Å². The van der Waals surface area contributed by atoms with Gasteiger partial charge in [0.1, 0.15) is 23.0 Å². The molecule has 0 amide bonds. The van der Waals surface area contributed by atoms with Crippen LogP contribution < -0.4 is 9.47 Å². The number of fused-ring (bicyclic) bond motifs is 3. The van der Waals surface area contributed by atoms with E-state index in [4.69, 9.17) is 9.47 Å². The molecule has 1 aliphatic carbocycles. The Kier molecular flexibility index (Phi) is 4.40. The van der Waals surface area contributed by atoms with Crippen LogP contribution >= 0.6 is 0 Å². The van der Waals surface area contributed by atoms with E-state index in [-0.39, 0.29) is 11.5 Å². The lowest BCUT2D eigenvalue weighted by atomic mass is 9.81. The number of rotatable bonds is 4. The molecule has 27 heavy (non-hydrogen) atoms. The van der Waals surface area contributed by atoms with Crippen LogP contribution in [0.25, 0.3) is 11.1 Å². The molecule has 4 heteroatoms. The Morgan fingerprint density at radius 2 is 1.52 bits per heavy atom. The number of aryl methyl sites for hydroxylation is 1. The van der Waals surface area contributed by atoms with E-state index in [9.17, 15) is 10.2 Å². The minimum absolute atomic E-state index is 0.260. The SMILES string of the molecule is COc1cc(OC)c2c(c1Cc1ccc(O)cc1)CCc1cc(O)ccc1-2. The van der Waals surface area contributed by atoms with Gasteiger partial charge in [-0.2, -0.15) is 0 Å². The first-order valence-corrected chi connectivity index (χ1v) is 8.97. The third-order valence-electron chi connectivity index (χ3n) is 5.23. The van der Waals surface area contributed by atoms with Gasteiger partial charge in [-0.05, 0) is 59.4 Å². The Balaban J connectivity index is 1.90. The third-order valence-corrected chi connectivity index (χ3v) is 5.23. The molecule has 4 nitrogen and oxygen atoms in total. The second-order valence-electron chi connectivity index (χ2n) is 6.80. The van der Waals surface area contributed by atoms with Crippen LogP contribution in [-0.2, 0) is 19.3 Å². The van der Waals surface area contributed by atoms with E-state index in [1.54, 1.807) is 32.4 Å². The van der Waals surface area contributed by atoms with Crippen molar-refractivity contribution in [2.75, 3.05) is 14.2 Å². The molecule has 3 aromatic rings. The molecular weight excluding hydrogens is 340 g/mol. The van der Waals surface area contributed by atoms with Gasteiger partial charge in [0.05, 0.1) is 14.2 Å². The molecule has 138 valence electrons. The fourth-order valence-electron chi connectivity index (χ4n) is 3.94. The molecule has 0 aliphatic heterocycles. The zero-order valence-electron chi connectivity index (χ0n) is 15.5. The minimum Gasteiger partial charge on any atom is -0.508 e. The minimum atomic E-state index is 0.260. The number of phenolic OH excluding ortho intramolecular Hbond substituents is 2. The second-order valence-corrected chi connectivity index (χ2v) is 6.80. The largest absolute Gasteiger partial charge is 0.508 e. The summed E-state index contributed by atoms with van der Waals surface area (Å²) >= 11 is 0. The molecule has 2 N–H and O–H groups in total. The third kappa shape index (κ3) is 3.08. The molecule has 0 radical (unpaired) electrons. The van der Waals surface area contributed by atoms with Gasteiger partial charge >= 0.3 is 0 Å². The zero-order chi connectivity index (χ0) is 19.0. The van der Waals surface area contributed by atoms with Crippen molar-refractivity contribution in [3.05, 3.63) is 70.8 Å². The lowest BCUT2D eigenvalue weighted by Gasteiger charge is -2.26. The first kappa shape index (κ1) is 17.3. The molecule has 0 atom stereocenters. The molecule has 3 aromatic carbocycles. The Hall–Kier alpha value is -3.14. The summed E-state index contributed by atoms with van der Waals surface area (Å²) in [5.41, 5.74) is 6.76. The Morgan fingerprint density at radius 3 is 2.22 bits per heavy atom. The lowest BCUT2D eigenvalue weighted by Crippen LogP contribution is -2.10. The van der Waals surface area contributed by atoms with Crippen LogP contribution in [0.4, 0.5) is 0 Å². The second kappa shape index (κ2) is 6.88. The molecule has 4 rings (SSSR count). The summed E-state index contributed by atoms with van der Waals surface area (Å²) in [6.45, 7) is 0. The van der Waals surface area contributed by atoms with Gasteiger partial charge in [-0.1, -0.05) is 18.2 Å². The summed E-state index contributed by atoms with van der Waals surface area (Å²) in [5.74, 6) is 2.13. The fraction of sp³-hybridized carbons (Fsp3) is 0.217. The van der Waals surface area contributed by atoms with E-state index in [0.717, 1.165) is 52.2 Å². The van der Waals surface area contributed by atoms with Gasteiger partial charge < -0.3 is 19.7 Å².